The zero-order valence-electron chi connectivity index (χ0n) is 18.2. The number of aromatic nitrogens is 2. The first-order valence-corrected chi connectivity index (χ1v) is 9.69. The first kappa shape index (κ1) is 21.4. The third-order valence-electron chi connectivity index (χ3n) is 4.88. The molecule has 30 heavy (non-hydrogen) atoms. The van der Waals surface area contributed by atoms with Crippen LogP contribution in [0.1, 0.15) is 44.2 Å². The van der Waals surface area contributed by atoms with Gasteiger partial charge in [-0.05, 0) is 58.7 Å². The van der Waals surface area contributed by atoms with Gasteiger partial charge in [-0.15, -0.1) is 0 Å². The minimum absolute atomic E-state index is 0.255. The minimum atomic E-state index is -0.594. The van der Waals surface area contributed by atoms with E-state index in [0.29, 0.717) is 28.6 Å². The van der Waals surface area contributed by atoms with Crippen molar-refractivity contribution in [3.05, 3.63) is 63.7 Å². The average molecular weight is 410 g/mol. The molecule has 0 saturated carbocycles. The summed E-state index contributed by atoms with van der Waals surface area (Å²) in [4.78, 5) is 24.7. The Morgan fingerprint density at radius 2 is 1.63 bits per heavy atom. The van der Waals surface area contributed by atoms with E-state index in [1.54, 1.807) is 19.1 Å². The SMILES string of the molecule is Cc1cc(C)c(OCC(=O)OCC(=O)c2cc(C)n(-c3cc(C)on3)c2C)c(C)c1. The maximum Gasteiger partial charge on any atom is 0.344 e. The fourth-order valence-electron chi connectivity index (χ4n) is 3.65. The molecule has 0 spiro atoms. The normalized spacial score (nSPS) is 10.9. The van der Waals surface area contributed by atoms with E-state index < -0.39 is 5.97 Å². The summed E-state index contributed by atoms with van der Waals surface area (Å²) in [6.07, 6.45) is 0. The van der Waals surface area contributed by atoms with E-state index in [4.69, 9.17) is 14.0 Å². The van der Waals surface area contributed by atoms with Gasteiger partial charge in [-0.25, -0.2) is 4.79 Å². The monoisotopic (exact) mass is 410 g/mol. The molecular formula is C23H26N2O5. The fourth-order valence-corrected chi connectivity index (χ4v) is 3.65. The molecule has 0 saturated heterocycles. The quantitative estimate of drug-likeness (QED) is 0.430. The molecule has 0 N–H and O–H groups in total. The molecule has 7 nitrogen and oxygen atoms in total. The Bertz CT molecular complexity index is 1080. The lowest BCUT2D eigenvalue weighted by atomic mass is 10.1. The Labute approximate surface area is 175 Å². The molecule has 0 fully saturated rings. The highest BCUT2D eigenvalue weighted by molar-refractivity contribution is 5.99. The largest absolute Gasteiger partial charge is 0.481 e. The second-order valence-corrected chi connectivity index (χ2v) is 7.52. The Morgan fingerprint density at radius 3 is 2.23 bits per heavy atom. The van der Waals surface area contributed by atoms with Crippen molar-refractivity contribution < 1.29 is 23.6 Å². The molecular weight excluding hydrogens is 384 g/mol. The number of Topliss-reactive ketones (excluding diaryl/α,β-unsaturated/α-hetero) is 1. The number of nitrogens with zero attached hydrogens (tertiary/aromatic N) is 2. The summed E-state index contributed by atoms with van der Waals surface area (Å²) in [5, 5.41) is 4.00. The van der Waals surface area contributed by atoms with Gasteiger partial charge in [-0.3, -0.25) is 9.36 Å². The lowest BCUT2D eigenvalue weighted by molar-refractivity contribution is -0.144. The first-order valence-electron chi connectivity index (χ1n) is 9.69. The lowest BCUT2D eigenvalue weighted by Gasteiger charge is -2.12. The van der Waals surface area contributed by atoms with E-state index in [9.17, 15) is 9.59 Å². The highest BCUT2D eigenvalue weighted by Crippen LogP contribution is 2.24. The molecule has 0 aliphatic carbocycles. The number of carbonyl (C=O) groups excluding carboxylic acids is 2. The Kier molecular flexibility index (Phi) is 6.10. The molecule has 2 aromatic heterocycles. The zero-order chi connectivity index (χ0) is 22.0. The van der Waals surface area contributed by atoms with Crippen LogP contribution in [0.2, 0.25) is 0 Å². The van der Waals surface area contributed by atoms with Gasteiger partial charge in [0.15, 0.2) is 19.0 Å². The number of rotatable bonds is 7. The van der Waals surface area contributed by atoms with Crippen molar-refractivity contribution in [3.8, 4) is 11.6 Å². The van der Waals surface area contributed by atoms with Crippen LogP contribution < -0.4 is 4.74 Å². The van der Waals surface area contributed by atoms with E-state index in [1.165, 1.54) is 0 Å². The first-order chi connectivity index (χ1) is 14.2. The number of benzene rings is 1. The molecule has 2 heterocycles. The van der Waals surface area contributed by atoms with Crippen molar-refractivity contribution >= 4 is 11.8 Å². The number of ether oxygens (including phenoxy) is 2. The van der Waals surface area contributed by atoms with Crippen LogP contribution >= 0.6 is 0 Å². The van der Waals surface area contributed by atoms with Crippen molar-refractivity contribution in [2.75, 3.05) is 13.2 Å². The summed E-state index contributed by atoms with van der Waals surface area (Å²) in [6.45, 7) is 10.7. The summed E-state index contributed by atoms with van der Waals surface area (Å²) in [5.41, 5.74) is 5.06. The van der Waals surface area contributed by atoms with Gasteiger partial charge < -0.3 is 14.0 Å². The lowest BCUT2D eigenvalue weighted by Crippen LogP contribution is -2.20. The van der Waals surface area contributed by atoms with E-state index in [2.05, 4.69) is 5.16 Å². The highest BCUT2D eigenvalue weighted by atomic mass is 16.6. The Morgan fingerprint density at radius 1 is 0.967 bits per heavy atom. The molecule has 7 heteroatoms. The van der Waals surface area contributed by atoms with Gasteiger partial charge in [0, 0.05) is 23.0 Å². The molecule has 0 amide bonds. The minimum Gasteiger partial charge on any atom is -0.481 e. The van der Waals surface area contributed by atoms with Crippen LogP contribution in [0, 0.1) is 41.5 Å². The molecule has 0 bridgehead atoms. The molecule has 0 radical (unpaired) electrons. The van der Waals surface area contributed by atoms with Gasteiger partial charge in [0.2, 0.25) is 5.78 Å². The van der Waals surface area contributed by atoms with Crippen LogP contribution in [0.25, 0.3) is 5.82 Å². The topological polar surface area (TPSA) is 83.6 Å². The fraction of sp³-hybridized carbons (Fsp3) is 0.348. The van der Waals surface area contributed by atoms with Crippen LogP contribution in [-0.4, -0.2) is 34.7 Å². The van der Waals surface area contributed by atoms with Gasteiger partial charge in [-0.1, -0.05) is 22.9 Å². The molecule has 0 aliphatic heterocycles. The highest BCUT2D eigenvalue weighted by Gasteiger charge is 2.20. The predicted octanol–water partition coefficient (Wildman–Crippen LogP) is 4.12. The van der Waals surface area contributed by atoms with E-state index in [-0.39, 0.29) is 19.0 Å². The van der Waals surface area contributed by atoms with Crippen molar-refractivity contribution in [2.45, 2.75) is 41.5 Å². The van der Waals surface area contributed by atoms with Crippen LogP contribution in [0.15, 0.2) is 28.8 Å². The Balaban J connectivity index is 1.61. The molecule has 0 aliphatic rings. The Hall–Kier alpha value is -3.35. The number of esters is 1. The summed E-state index contributed by atoms with van der Waals surface area (Å²) in [5.74, 6) is 1.07. The standard InChI is InChI=1S/C23H26N2O5/c1-13-7-14(2)23(15(3)8-13)29-12-22(27)28-11-20(26)19-9-16(4)25(18(19)6)21-10-17(5)30-24-21/h7-10H,11-12H2,1-6H3. The van der Waals surface area contributed by atoms with Crippen LogP contribution in [0.4, 0.5) is 0 Å². The number of hydrogen-bond donors (Lipinski definition) is 0. The summed E-state index contributed by atoms with van der Waals surface area (Å²) in [7, 11) is 0. The van der Waals surface area contributed by atoms with E-state index >= 15 is 0 Å². The van der Waals surface area contributed by atoms with E-state index in [0.717, 1.165) is 22.4 Å². The molecule has 1 aromatic carbocycles. The van der Waals surface area contributed by atoms with Crippen molar-refractivity contribution in [3.63, 3.8) is 0 Å². The number of carbonyl (C=O) groups is 2. The van der Waals surface area contributed by atoms with Crippen molar-refractivity contribution in [1.82, 2.24) is 9.72 Å². The second kappa shape index (κ2) is 8.57. The molecule has 158 valence electrons. The van der Waals surface area contributed by atoms with E-state index in [1.807, 2.05) is 51.3 Å². The summed E-state index contributed by atoms with van der Waals surface area (Å²) >= 11 is 0. The molecule has 3 aromatic rings. The summed E-state index contributed by atoms with van der Waals surface area (Å²) in [6, 6.07) is 7.53. The van der Waals surface area contributed by atoms with Crippen LogP contribution in [-0.2, 0) is 9.53 Å². The maximum atomic E-state index is 12.6. The van der Waals surface area contributed by atoms with Crippen LogP contribution in [0.3, 0.4) is 0 Å². The second-order valence-electron chi connectivity index (χ2n) is 7.52. The molecule has 0 atom stereocenters. The predicted molar refractivity (Wildman–Crippen MR) is 111 cm³/mol. The van der Waals surface area contributed by atoms with Gasteiger partial charge in [0.25, 0.3) is 0 Å². The van der Waals surface area contributed by atoms with Crippen LogP contribution in [0.5, 0.6) is 5.75 Å². The number of aryl methyl sites for hydroxylation is 5. The van der Waals surface area contributed by atoms with Crippen molar-refractivity contribution in [1.29, 1.82) is 0 Å². The van der Waals surface area contributed by atoms with Gasteiger partial charge in [0.05, 0.1) is 0 Å². The number of ketones is 1. The number of hydrogen-bond acceptors (Lipinski definition) is 6. The smallest absolute Gasteiger partial charge is 0.344 e. The van der Waals surface area contributed by atoms with Crippen molar-refractivity contribution in [2.24, 2.45) is 0 Å². The van der Waals surface area contributed by atoms with Gasteiger partial charge >= 0.3 is 5.97 Å². The zero-order valence-corrected chi connectivity index (χ0v) is 18.2. The average Bonchev–Trinajstić information content (AvgIpc) is 3.21. The third kappa shape index (κ3) is 4.45. The van der Waals surface area contributed by atoms with Gasteiger partial charge in [-0.2, -0.15) is 0 Å². The third-order valence-corrected chi connectivity index (χ3v) is 4.88. The molecule has 0 unspecified atom stereocenters. The maximum absolute atomic E-state index is 12.6. The summed E-state index contributed by atoms with van der Waals surface area (Å²) < 4.78 is 17.7. The van der Waals surface area contributed by atoms with Gasteiger partial charge in [0.1, 0.15) is 11.5 Å². The molecule has 3 rings (SSSR count).